The highest BCUT2D eigenvalue weighted by atomic mass is 79.9. The van der Waals surface area contributed by atoms with Gasteiger partial charge < -0.3 is 4.84 Å². The summed E-state index contributed by atoms with van der Waals surface area (Å²) >= 11 is 9.59. The first-order valence-corrected chi connectivity index (χ1v) is 9.17. The van der Waals surface area contributed by atoms with Crippen molar-refractivity contribution in [2.45, 2.75) is 6.17 Å². The maximum atomic E-state index is 12.7. The summed E-state index contributed by atoms with van der Waals surface area (Å²) in [7, 11) is 0. The van der Waals surface area contributed by atoms with Gasteiger partial charge in [-0.2, -0.15) is 5.06 Å². The molecule has 0 bridgehead atoms. The second-order valence-electron chi connectivity index (χ2n) is 5.79. The minimum absolute atomic E-state index is 0.448. The number of para-hydroxylation sites is 1. The van der Waals surface area contributed by atoms with E-state index in [2.05, 4.69) is 15.9 Å². The van der Waals surface area contributed by atoms with Gasteiger partial charge in [0.1, 0.15) is 0 Å². The number of nitrogens with zero attached hydrogens (tertiary/aromatic N) is 2. The number of hydrogen-bond acceptors (Lipinski definition) is 3. The molecule has 1 unspecified atom stereocenters. The Balaban J connectivity index is 1.84. The molecule has 1 atom stereocenters. The summed E-state index contributed by atoms with van der Waals surface area (Å²) < 4.78 is 0.965. The summed E-state index contributed by atoms with van der Waals surface area (Å²) in [5.41, 5.74) is 2.38. The van der Waals surface area contributed by atoms with E-state index in [4.69, 9.17) is 16.4 Å². The van der Waals surface area contributed by atoms with Crippen molar-refractivity contribution in [3.05, 3.63) is 93.9 Å². The quantitative estimate of drug-likeness (QED) is 0.498. The molecule has 4 rings (SSSR count). The van der Waals surface area contributed by atoms with Gasteiger partial charge in [-0.3, -0.25) is 0 Å². The van der Waals surface area contributed by atoms with Crippen molar-refractivity contribution < 1.29 is 9.63 Å². The van der Waals surface area contributed by atoms with Gasteiger partial charge in [0, 0.05) is 9.50 Å². The number of carbonyl (C=O) groups is 1. The lowest BCUT2D eigenvalue weighted by Gasteiger charge is -2.27. The van der Waals surface area contributed by atoms with Gasteiger partial charge in [0.05, 0.1) is 11.4 Å². The van der Waals surface area contributed by atoms with Crippen molar-refractivity contribution in [2.24, 2.45) is 0 Å². The van der Waals surface area contributed by atoms with Crippen LogP contribution in [-0.2, 0) is 4.84 Å². The Morgan fingerprint density at radius 3 is 2.27 bits per heavy atom. The summed E-state index contributed by atoms with van der Waals surface area (Å²) in [6.45, 7) is 0. The molecule has 4 nitrogen and oxygen atoms in total. The van der Waals surface area contributed by atoms with E-state index in [1.807, 2.05) is 66.7 Å². The second kappa shape index (κ2) is 7.02. The average Bonchev–Trinajstić information content (AvgIpc) is 3.00. The fraction of sp³-hybridized carbons (Fsp3) is 0.0500. The molecule has 6 heteroatoms. The minimum atomic E-state index is -0.455. The maximum Gasteiger partial charge on any atom is 0.440 e. The van der Waals surface area contributed by atoms with Crippen molar-refractivity contribution in [3.8, 4) is 0 Å². The monoisotopic (exact) mass is 428 g/mol. The molecule has 3 aromatic carbocycles. The molecule has 1 aliphatic heterocycles. The van der Waals surface area contributed by atoms with Gasteiger partial charge in [-0.05, 0) is 48.0 Å². The summed E-state index contributed by atoms with van der Waals surface area (Å²) in [5.74, 6) is 0. The molecule has 26 heavy (non-hydrogen) atoms. The summed E-state index contributed by atoms with van der Waals surface area (Å²) in [4.78, 5) is 19.9. The Hall–Kier alpha value is -2.50. The largest absolute Gasteiger partial charge is 0.440 e. The lowest BCUT2D eigenvalue weighted by molar-refractivity contribution is 0.164. The molecule has 0 N–H and O–H groups in total. The Morgan fingerprint density at radius 2 is 1.58 bits per heavy atom. The van der Waals surface area contributed by atoms with Crippen molar-refractivity contribution in [3.63, 3.8) is 0 Å². The van der Waals surface area contributed by atoms with Crippen LogP contribution in [0.4, 0.5) is 16.2 Å². The van der Waals surface area contributed by atoms with Crippen LogP contribution in [0.25, 0.3) is 0 Å². The van der Waals surface area contributed by atoms with E-state index in [9.17, 15) is 4.79 Å². The SMILES string of the molecule is O=C1ON(c2ccccc2)C(c2ccc(Br)cc2)N1c1cccc(Cl)c1. The van der Waals surface area contributed by atoms with Crippen molar-refractivity contribution in [1.29, 1.82) is 0 Å². The molecular formula is C20H14BrClN2O2. The topological polar surface area (TPSA) is 32.8 Å². The van der Waals surface area contributed by atoms with Crippen molar-refractivity contribution in [1.82, 2.24) is 0 Å². The van der Waals surface area contributed by atoms with Gasteiger partial charge in [0.2, 0.25) is 0 Å². The van der Waals surface area contributed by atoms with Gasteiger partial charge in [-0.1, -0.05) is 63.9 Å². The van der Waals surface area contributed by atoms with E-state index < -0.39 is 12.3 Å². The molecule has 1 fully saturated rings. The summed E-state index contributed by atoms with van der Waals surface area (Å²) in [5, 5.41) is 2.18. The molecule has 1 heterocycles. The van der Waals surface area contributed by atoms with Crippen LogP contribution in [0.5, 0.6) is 0 Å². The molecular weight excluding hydrogens is 416 g/mol. The summed E-state index contributed by atoms with van der Waals surface area (Å²) in [6, 6.07) is 24.5. The Morgan fingerprint density at radius 1 is 0.885 bits per heavy atom. The van der Waals surface area contributed by atoms with Crippen LogP contribution in [0.2, 0.25) is 5.02 Å². The lowest BCUT2D eigenvalue weighted by atomic mass is 10.1. The number of rotatable bonds is 3. The first kappa shape index (κ1) is 16.9. The summed E-state index contributed by atoms with van der Waals surface area (Å²) in [6.07, 6.45) is -0.902. The Labute approximate surface area is 164 Å². The smallest absolute Gasteiger partial charge is 0.319 e. The molecule has 1 saturated heterocycles. The van der Waals surface area contributed by atoms with Crippen LogP contribution in [-0.4, -0.2) is 6.09 Å². The minimum Gasteiger partial charge on any atom is -0.319 e. The first-order chi connectivity index (χ1) is 12.6. The van der Waals surface area contributed by atoms with Gasteiger partial charge in [-0.15, -0.1) is 0 Å². The third-order valence-corrected chi connectivity index (χ3v) is 4.87. The first-order valence-electron chi connectivity index (χ1n) is 8.00. The van der Waals surface area contributed by atoms with Crippen LogP contribution in [0.3, 0.4) is 0 Å². The molecule has 1 aliphatic rings. The Kier molecular flexibility index (Phi) is 4.57. The zero-order valence-electron chi connectivity index (χ0n) is 13.5. The predicted octanol–water partition coefficient (Wildman–Crippen LogP) is 6.18. The predicted molar refractivity (Wildman–Crippen MR) is 106 cm³/mol. The maximum absolute atomic E-state index is 12.7. The second-order valence-corrected chi connectivity index (χ2v) is 7.15. The van der Waals surface area contributed by atoms with Crippen LogP contribution in [0.1, 0.15) is 11.7 Å². The third-order valence-electron chi connectivity index (χ3n) is 4.11. The standard InChI is InChI=1S/C20H14BrClN2O2/c21-15-11-9-14(10-12-15)19-23(18-8-4-5-16(22)13-18)20(25)26-24(19)17-6-2-1-3-7-17/h1-13,19H. The fourth-order valence-corrected chi connectivity index (χ4v) is 3.39. The van der Waals surface area contributed by atoms with Crippen LogP contribution < -0.4 is 9.96 Å². The van der Waals surface area contributed by atoms with Crippen LogP contribution in [0, 0.1) is 0 Å². The third kappa shape index (κ3) is 3.16. The van der Waals surface area contributed by atoms with Crippen LogP contribution >= 0.6 is 27.5 Å². The molecule has 0 aromatic heterocycles. The highest BCUT2D eigenvalue weighted by Crippen LogP contribution is 2.40. The van der Waals surface area contributed by atoms with Crippen molar-refractivity contribution in [2.75, 3.05) is 9.96 Å². The molecule has 0 spiro atoms. The van der Waals surface area contributed by atoms with Gasteiger partial charge in [-0.25, -0.2) is 9.69 Å². The van der Waals surface area contributed by atoms with E-state index in [-0.39, 0.29) is 0 Å². The van der Waals surface area contributed by atoms with E-state index in [0.717, 1.165) is 15.7 Å². The highest BCUT2D eigenvalue weighted by molar-refractivity contribution is 9.10. The zero-order chi connectivity index (χ0) is 18.1. The van der Waals surface area contributed by atoms with Crippen molar-refractivity contribution >= 4 is 45.0 Å². The zero-order valence-corrected chi connectivity index (χ0v) is 15.9. The van der Waals surface area contributed by atoms with Gasteiger partial charge >= 0.3 is 6.09 Å². The number of hydrogen-bond donors (Lipinski definition) is 0. The molecule has 130 valence electrons. The lowest BCUT2D eigenvalue weighted by Crippen LogP contribution is -2.31. The number of benzene rings is 3. The molecule has 0 radical (unpaired) electrons. The number of carbonyl (C=O) groups excluding carboxylic acids is 1. The van der Waals surface area contributed by atoms with E-state index >= 15 is 0 Å². The average molecular weight is 430 g/mol. The highest BCUT2D eigenvalue weighted by Gasteiger charge is 2.42. The number of amides is 1. The Bertz CT molecular complexity index is 934. The number of halogens is 2. The molecule has 3 aromatic rings. The van der Waals surface area contributed by atoms with E-state index in [1.54, 1.807) is 22.1 Å². The molecule has 1 amide bonds. The molecule has 0 aliphatic carbocycles. The normalized spacial score (nSPS) is 16.7. The number of anilines is 2. The van der Waals surface area contributed by atoms with Gasteiger partial charge in [0.15, 0.2) is 6.17 Å². The fourth-order valence-electron chi connectivity index (χ4n) is 2.94. The van der Waals surface area contributed by atoms with Gasteiger partial charge in [0.25, 0.3) is 0 Å². The van der Waals surface area contributed by atoms with Crippen LogP contribution in [0.15, 0.2) is 83.3 Å². The molecule has 0 saturated carbocycles. The van der Waals surface area contributed by atoms with E-state index in [1.165, 1.54) is 0 Å². The van der Waals surface area contributed by atoms with E-state index in [0.29, 0.717) is 10.7 Å². The number of hydroxylamine groups is 1.